The van der Waals surface area contributed by atoms with E-state index in [-0.39, 0.29) is 53.3 Å². The van der Waals surface area contributed by atoms with Crippen molar-refractivity contribution in [2.24, 2.45) is 0 Å². The number of fused-ring (bicyclic) bond motifs is 6. The molecule has 0 amide bonds. The van der Waals surface area contributed by atoms with Gasteiger partial charge in [-0.3, -0.25) is 17.6 Å². The fourth-order valence-electron chi connectivity index (χ4n) is 5.57. The molecule has 10 rings (SSSR count). The third kappa shape index (κ3) is 10.3. The predicted molar refractivity (Wildman–Crippen MR) is 202 cm³/mol. The van der Waals surface area contributed by atoms with Crippen LogP contribution >= 0.6 is 0 Å². The van der Waals surface area contributed by atoms with Crippen molar-refractivity contribution in [2.45, 2.75) is 0 Å². The molecular weight excluding hydrogens is 1120 g/mol. The molecule has 0 aliphatic heterocycles. The fraction of sp³-hybridized carbons (Fsp3) is 0. The first-order chi connectivity index (χ1) is 27.2. The van der Waals surface area contributed by atoms with Crippen molar-refractivity contribution in [3.63, 3.8) is 0 Å². The summed E-state index contributed by atoms with van der Waals surface area (Å²) in [5, 5.41) is 3.86. The zero-order valence-electron chi connectivity index (χ0n) is 29.4. The van der Waals surface area contributed by atoms with Crippen LogP contribution in [0, 0.1) is 47.3 Å². The second kappa shape index (κ2) is 19.9. The molecule has 6 aromatic heterocycles. The Bertz CT molecular complexity index is 2710. The molecule has 58 heavy (non-hydrogen) atoms. The molecule has 0 atom stereocenters. The van der Waals surface area contributed by atoms with E-state index < -0.39 is 35.2 Å². The Hall–Kier alpha value is -5.96. The Kier molecular flexibility index (Phi) is 14.8. The van der Waals surface area contributed by atoms with Gasteiger partial charge >= 0.3 is 42.1 Å². The molecule has 0 saturated heterocycles. The Balaban J connectivity index is 0.000000146. The van der Waals surface area contributed by atoms with Crippen LogP contribution in [-0.4, -0.2) is 19.9 Å². The summed E-state index contributed by atoms with van der Waals surface area (Å²) in [7, 11) is 0. The maximum absolute atomic E-state index is 13.2. The number of hydrogen-bond acceptors (Lipinski definition) is 4. The van der Waals surface area contributed by atoms with Crippen molar-refractivity contribution in [2.75, 3.05) is 0 Å². The molecule has 0 radical (unpaired) electrons. The van der Waals surface area contributed by atoms with Gasteiger partial charge in [0, 0.05) is 35.7 Å². The van der Waals surface area contributed by atoms with E-state index in [0.717, 1.165) is 56.8 Å². The van der Waals surface area contributed by atoms with Crippen LogP contribution in [0.2, 0.25) is 0 Å². The molecule has 0 N–H and O–H groups in total. The molecule has 4 aromatic carbocycles. The Morgan fingerprint density at radius 3 is 1.21 bits per heavy atom. The van der Waals surface area contributed by atoms with Gasteiger partial charge in [-0.05, 0) is 79.5 Å². The maximum Gasteiger partial charge on any atom is 2.00 e. The molecule has 10 aromatic rings. The zero-order chi connectivity index (χ0) is 39.0. The van der Waals surface area contributed by atoms with Gasteiger partial charge in [-0.25, -0.2) is 8.78 Å². The van der Waals surface area contributed by atoms with Crippen LogP contribution < -0.4 is 9.97 Å². The monoisotopic (exact) mass is 1140 g/mol. The largest absolute Gasteiger partial charge is 2.00 e. The minimum atomic E-state index is -0.649. The van der Waals surface area contributed by atoms with Gasteiger partial charge in [-0.15, -0.1) is 24.3 Å². The van der Waals surface area contributed by atoms with E-state index >= 15 is 0 Å². The van der Waals surface area contributed by atoms with Crippen LogP contribution in [0.3, 0.4) is 0 Å². The molecule has 0 aliphatic carbocycles. The van der Waals surface area contributed by atoms with Gasteiger partial charge in [-0.2, -0.15) is 0 Å². The van der Waals surface area contributed by atoms with Gasteiger partial charge in [0.25, 0.3) is 0 Å². The number of pyridine rings is 4. The van der Waals surface area contributed by atoms with Crippen LogP contribution in [-0.2, 0) is 42.1 Å². The quantitative estimate of drug-likeness (QED) is 0.0975. The fourth-order valence-corrected chi connectivity index (χ4v) is 5.57. The second-order valence-corrected chi connectivity index (χ2v) is 11.8. The molecule has 292 valence electrons. The molecular formula is C44H24F6N6Pt2. The van der Waals surface area contributed by atoms with Gasteiger partial charge in [0.1, 0.15) is 11.9 Å². The summed E-state index contributed by atoms with van der Waals surface area (Å²) in [5.74, 6) is -3.54. The van der Waals surface area contributed by atoms with E-state index in [1.54, 1.807) is 60.9 Å². The Labute approximate surface area is 356 Å². The number of hydrogen-bond donors (Lipinski definition) is 0. The Morgan fingerprint density at radius 2 is 0.828 bits per heavy atom. The number of aromatic nitrogens is 6. The number of benzene rings is 4. The molecule has 14 heteroatoms. The maximum atomic E-state index is 13.2. The van der Waals surface area contributed by atoms with Crippen molar-refractivity contribution in [3.8, 4) is 22.5 Å². The summed E-state index contributed by atoms with van der Waals surface area (Å²) in [5.41, 5.74) is 3.95. The molecule has 0 unspecified atom stereocenters. The van der Waals surface area contributed by atoms with Crippen molar-refractivity contribution in [3.05, 3.63) is 193 Å². The summed E-state index contributed by atoms with van der Waals surface area (Å²) in [6.07, 6.45) is 3.10. The smallest absolute Gasteiger partial charge is 0.435 e. The van der Waals surface area contributed by atoms with Crippen LogP contribution in [0.15, 0.2) is 146 Å². The summed E-state index contributed by atoms with van der Waals surface area (Å²) in [6, 6.07) is 40.6. The first-order valence-corrected chi connectivity index (χ1v) is 16.7. The first-order valence-electron chi connectivity index (χ1n) is 16.7. The second-order valence-electron chi connectivity index (χ2n) is 11.8. The molecule has 6 nitrogen and oxygen atoms in total. The van der Waals surface area contributed by atoms with E-state index in [1.165, 1.54) is 12.1 Å². The summed E-state index contributed by atoms with van der Waals surface area (Å²) >= 11 is 0. The Morgan fingerprint density at radius 1 is 0.431 bits per heavy atom. The SMILES string of the molecule is Fc1c[c-]c(-c2ccccn2)c(F)c1.Fc1c[c-]c(-c2ccccn2)c(F)c1.Fc1ccc2c(n1)[n-]c1ccccc12.Fc1ccc2c(n1)[n-]c1ccccc12.[Pt+2].[Pt+2]. The average Bonchev–Trinajstić information content (AvgIpc) is 3.76. The van der Waals surface area contributed by atoms with Crippen LogP contribution in [0.25, 0.3) is 66.4 Å². The molecule has 0 spiro atoms. The van der Waals surface area contributed by atoms with Gasteiger partial charge in [0.2, 0.25) is 0 Å². The van der Waals surface area contributed by atoms with Crippen molar-refractivity contribution in [1.29, 1.82) is 0 Å². The van der Waals surface area contributed by atoms with Crippen LogP contribution in [0.5, 0.6) is 0 Å². The summed E-state index contributed by atoms with van der Waals surface area (Å²) < 4.78 is 77.2. The molecule has 6 heterocycles. The zero-order valence-corrected chi connectivity index (χ0v) is 34.0. The normalized spacial score (nSPS) is 10.3. The van der Waals surface area contributed by atoms with Gasteiger partial charge in [-0.1, -0.05) is 108 Å². The third-order valence-electron chi connectivity index (χ3n) is 8.08. The summed E-state index contributed by atoms with van der Waals surface area (Å²) in [4.78, 5) is 23.8. The van der Waals surface area contributed by atoms with E-state index in [4.69, 9.17) is 0 Å². The minimum Gasteiger partial charge on any atom is -0.435 e. The van der Waals surface area contributed by atoms with E-state index in [9.17, 15) is 26.3 Å². The van der Waals surface area contributed by atoms with Crippen molar-refractivity contribution in [1.82, 2.24) is 29.9 Å². The van der Waals surface area contributed by atoms with Gasteiger partial charge in [0.15, 0.2) is 0 Å². The molecule has 0 aliphatic rings. The topological polar surface area (TPSA) is 79.8 Å². The van der Waals surface area contributed by atoms with Crippen molar-refractivity contribution >= 4 is 43.9 Å². The van der Waals surface area contributed by atoms with Crippen molar-refractivity contribution < 1.29 is 68.5 Å². The molecule has 0 bridgehead atoms. The molecule has 0 saturated carbocycles. The van der Waals surface area contributed by atoms with Crippen LogP contribution in [0.4, 0.5) is 26.3 Å². The van der Waals surface area contributed by atoms with Crippen LogP contribution in [0.1, 0.15) is 0 Å². The number of nitrogens with zero attached hydrogens (tertiary/aromatic N) is 6. The number of rotatable bonds is 2. The number of halogens is 6. The third-order valence-corrected chi connectivity index (χ3v) is 8.08. The standard InChI is InChI=1S/2C11H6F2N.2C11H6FN2.2Pt/c2*12-8-4-5-9(10(13)7-8)11-3-1-2-6-14-11;2*12-10-6-5-8-7-3-1-2-4-9(7)13-11(8)14-10;;/h2*1-4,6-7H;2*1-6H;;/q4*-1;2*+2. The predicted octanol–water partition coefficient (Wildman–Crippen LogP) is 10.6. The summed E-state index contributed by atoms with van der Waals surface area (Å²) in [6.45, 7) is 0. The van der Waals surface area contributed by atoms with Gasteiger partial charge < -0.3 is 29.9 Å². The average molecular weight is 1140 g/mol. The van der Waals surface area contributed by atoms with E-state index in [2.05, 4.69) is 42.0 Å². The minimum absolute atomic E-state index is 0. The molecule has 0 fully saturated rings. The van der Waals surface area contributed by atoms with Gasteiger partial charge in [0.05, 0.1) is 0 Å². The first kappa shape index (κ1) is 43.2. The van der Waals surface area contributed by atoms with E-state index in [0.29, 0.717) is 22.7 Å². The van der Waals surface area contributed by atoms with E-state index in [1.807, 2.05) is 48.5 Å². The number of para-hydroxylation sites is 2.